The summed E-state index contributed by atoms with van der Waals surface area (Å²) in [4.78, 5) is 2.48. The highest BCUT2D eigenvalue weighted by Gasteiger charge is 2.27. The molecule has 3 unspecified atom stereocenters. The lowest BCUT2D eigenvalue weighted by molar-refractivity contribution is 0.0534. The van der Waals surface area contributed by atoms with Crippen molar-refractivity contribution in [1.29, 1.82) is 0 Å². The van der Waals surface area contributed by atoms with E-state index in [4.69, 9.17) is 0 Å². The highest BCUT2D eigenvalue weighted by atomic mass is 16.3. The van der Waals surface area contributed by atoms with E-state index in [1.165, 1.54) is 45.2 Å². The molecule has 3 atom stereocenters. The fraction of sp³-hybridized carbons (Fsp3) is 1.00. The van der Waals surface area contributed by atoms with Gasteiger partial charge in [-0.25, -0.2) is 0 Å². The second-order valence-corrected chi connectivity index (χ2v) is 5.76. The quantitative estimate of drug-likeness (QED) is 0.784. The number of aliphatic hydroxyl groups excluding tert-OH is 1. The first-order valence-electron chi connectivity index (χ1n) is 7.43. The summed E-state index contributed by atoms with van der Waals surface area (Å²) in [7, 11) is 0. The van der Waals surface area contributed by atoms with Gasteiger partial charge in [-0.2, -0.15) is 0 Å². The van der Waals surface area contributed by atoms with Crippen LogP contribution in [0.4, 0.5) is 0 Å². The molecule has 0 radical (unpaired) electrons. The van der Waals surface area contributed by atoms with E-state index in [1.807, 2.05) is 0 Å². The molecule has 0 bridgehead atoms. The van der Waals surface area contributed by atoms with Crippen molar-refractivity contribution < 1.29 is 5.11 Å². The van der Waals surface area contributed by atoms with Crippen LogP contribution in [0.15, 0.2) is 0 Å². The Kier molecular flexibility index (Phi) is 5.26. The average Bonchev–Trinajstić information content (AvgIpc) is 2.32. The Balaban J connectivity index is 1.82. The minimum atomic E-state index is -0.0788. The van der Waals surface area contributed by atoms with Crippen LogP contribution in [-0.2, 0) is 0 Å². The van der Waals surface area contributed by atoms with Gasteiger partial charge in [0, 0.05) is 19.1 Å². The minimum Gasteiger partial charge on any atom is -0.392 e. The van der Waals surface area contributed by atoms with E-state index in [0.717, 1.165) is 25.4 Å². The van der Waals surface area contributed by atoms with Crippen molar-refractivity contribution in [3.8, 4) is 0 Å². The van der Waals surface area contributed by atoms with E-state index in [1.54, 1.807) is 0 Å². The van der Waals surface area contributed by atoms with Crippen molar-refractivity contribution in [2.24, 2.45) is 5.92 Å². The molecular weight excluding hydrogens is 212 g/mol. The average molecular weight is 240 g/mol. The number of hydrogen-bond donors (Lipinski definition) is 2. The SMILES string of the molecule is CCNC1CCCCC1CN1CCCC(O)C1. The molecule has 2 fully saturated rings. The second-order valence-electron chi connectivity index (χ2n) is 5.76. The van der Waals surface area contributed by atoms with E-state index in [9.17, 15) is 5.11 Å². The van der Waals surface area contributed by atoms with Crippen LogP contribution in [0.1, 0.15) is 45.4 Å². The zero-order chi connectivity index (χ0) is 12.1. The number of aliphatic hydroxyl groups is 1. The van der Waals surface area contributed by atoms with Gasteiger partial charge in [0.2, 0.25) is 0 Å². The van der Waals surface area contributed by atoms with Gasteiger partial charge in [0.1, 0.15) is 0 Å². The molecule has 3 heteroatoms. The maximum Gasteiger partial charge on any atom is 0.0667 e. The summed E-state index contributed by atoms with van der Waals surface area (Å²) in [6.07, 6.45) is 7.57. The van der Waals surface area contributed by atoms with Crippen LogP contribution in [0.3, 0.4) is 0 Å². The number of piperidine rings is 1. The fourth-order valence-corrected chi connectivity index (χ4v) is 3.49. The van der Waals surface area contributed by atoms with Gasteiger partial charge in [0.15, 0.2) is 0 Å². The maximum absolute atomic E-state index is 9.72. The molecule has 2 aliphatic rings. The summed E-state index contributed by atoms with van der Waals surface area (Å²) in [5, 5.41) is 13.4. The summed E-state index contributed by atoms with van der Waals surface area (Å²) >= 11 is 0. The van der Waals surface area contributed by atoms with Crippen LogP contribution < -0.4 is 5.32 Å². The molecule has 2 rings (SSSR count). The van der Waals surface area contributed by atoms with Gasteiger partial charge in [0.25, 0.3) is 0 Å². The number of hydrogen-bond acceptors (Lipinski definition) is 3. The summed E-state index contributed by atoms with van der Waals surface area (Å²) in [6, 6.07) is 0.716. The minimum absolute atomic E-state index is 0.0788. The Bertz CT molecular complexity index is 220. The van der Waals surface area contributed by atoms with Crippen LogP contribution in [0.25, 0.3) is 0 Å². The highest BCUT2D eigenvalue weighted by Crippen LogP contribution is 2.26. The van der Waals surface area contributed by atoms with Gasteiger partial charge >= 0.3 is 0 Å². The van der Waals surface area contributed by atoms with Gasteiger partial charge in [-0.15, -0.1) is 0 Å². The lowest BCUT2D eigenvalue weighted by Gasteiger charge is -2.38. The molecule has 100 valence electrons. The monoisotopic (exact) mass is 240 g/mol. The molecule has 0 aromatic heterocycles. The molecule has 1 aliphatic carbocycles. The Morgan fingerprint density at radius 2 is 2.00 bits per heavy atom. The topological polar surface area (TPSA) is 35.5 Å². The lowest BCUT2D eigenvalue weighted by atomic mass is 9.83. The number of rotatable bonds is 4. The van der Waals surface area contributed by atoms with E-state index in [-0.39, 0.29) is 6.10 Å². The van der Waals surface area contributed by atoms with Crippen molar-refractivity contribution >= 4 is 0 Å². The van der Waals surface area contributed by atoms with Crippen LogP contribution >= 0.6 is 0 Å². The lowest BCUT2D eigenvalue weighted by Crippen LogP contribution is -2.47. The molecule has 17 heavy (non-hydrogen) atoms. The van der Waals surface area contributed by atoms with Crippen molar-refractivity contribution in [3.05, 3.63) is 0 Å². The summed E-state index contributed by atoms with van der Waals surface area (Å²) < 4.78 is 0. The Labute approximate surface area is 106 Å². The second kappa shape index (κ2) is 6.72. The molecule has 0 amide bonds. The van der Waals surface area contributed by atoms with E-state index >= 15 is 0 Å². The normalized spacial score (nSPS) is 36.0. The van der Waals surface area contributed by atoms with Crippen molar-refractivity contribution in [2.75, 3.05) is 26.2 Å². The van der Waals surface area contributed by atoms with Gasteiger partial charge in [-0.05, 0) is 44.7 Å². The molecular formula is C14H28N2O. The Hall–Kier alpha value is -0.120. The molecule has 1 heterocycles. The number of likely N-dealkylation sites (tertiary alicyclic amines) is 1. The Morgan fingerprint density at radius 3 is 2.76 bits per heavy atom. The standard InChI is InChI=1S/C14H28N2O/c1-2-15-14-8-4-3-6-12(14)10-16-9-5-7-13(17)11-16/h12-15,17H,2-11H2,1H3. The summed E-state index contributed by atoms with van der Waals surface area (Å²) in [6.45, 7) is 6.57. The number of nitrogens with zero attached hydrogens (tertiary/aromatic N) is 1. The van der Waals surface area contributed by atoms with Crippen molar-refractivity contribution in [1.82, 2.24) is 10.2 Å². The number of β-amino-alcohol motifs (C(OH)–C–C–N with tert-alkyl or cyclic N) is 1. The predicted octanol–water partition coefficient (Wildman–Crippen LogP) is 1.61. The van der Waals surface area contributed by atoms with Crippen LogP contribution in [0, 0.1) is 5.92 Å². The Morgan fingerprint density at radius 1 is 1.18 bits per heavy atom. The van der Waals surface area contributed by atoms with Gasteiger partial charge < -0.3 is 15.3 Å². The third kappa shape index (κ3) is 3.94. The molecule has 2 N–H and O–H groups in total. The first-order valence-corrected chi connectivity index (χ1v) is 7.43. The molecule has 1 aliphatic heterocycles. The fourth-order valence-electron chi connectivity index (χ4n) is 3.49. The molecule has 0 spiro atoms. The van der Waals surface area contributed by atoms with E-state index < -0.39 is 0 Å². The molecule has 0 aromatic carbocycles. The molecule has 0 aromatic rings. The third-order valence-corrected chi connectivity index (χ3v) is 4.35. The summed E-state index contributed by atoms with van der Waals surface area (Å²) in [5.74, 6) is 0.800. The highest BCUT2D eigenvalue weighted by molar-refractivity contribution is 4.84. The molecule has 1 saturated carbocycles. The van der Waals surface area contributed by atoms with Gasteiger partial charge in [-0.3, -0.25) is 0 Å². The number of nitrogens with one attached hydrogen (secondary N) is 1. The van der Waals surface area contributed by atoms with Crippen LogP contribution in [0.5, 0.6) is 0 Å². The predicted molar refractivity (Wildman–Crippen MR) is 71.1 cm³/mol. The first-order chi connectivity index (χ1) is 8.29. The molecule has 3 nitrogen and oxygen atoms in total. The van der Waals surface area contributed by atoms with E-state index in [2.05, 4.69) is 17.1 Å². The van der Waals surface area contributed by atoms with Crippen molar-refractivity contribution in [2.45, 2.75) is 57.6 Å². The molecule has 1 saturated heterocycles. The smallest absolute Gasteiger partial charge is 0.0667 e. The zero-order valence-corrected chi connectivity index (χ0v) is 11.2. The first kappa shape index (κ1) is 13.3. The van der Waals surface area contributed by atoms with Crippen molar-refractivity contribution in [3.63, 3.8) is 0 Å². The summed E-state index contributed by atoms with van der Waals surface area (Å²) in [5.41, 5.74) is 0. The maximum atomic E-state index is 9.72. The zero-order valence-electron chi connectivity index (χ0n) is 11.2. The van der Waals surface area contributed by atoms with Gasteiger partial charge in [-0.1, -0.05) is 19.8 Å². The van der Waals surface area contributed by atoms with Gasteiger partial charge in [0.05, 0.1) is 6.10 Å². The third-order valence-electron chi connectivity index (χ3n) is 4.35. The largest absolute Gasteiger partial charge is 0.392 e. The van der Waals surface area contributed by atoms with Crippen LogP contribution in [0.2, 0.25) is 0 Å². The van der Waals surface area contributed by atoms with Crippen LogP contribution in [-0.4, -0.2) is 48.3 Å². The van der Waals surface area contributed by atoms with E-state index in [0.29, 0.717) is 6.04 Å².